The van der Waals surface area contributed by atoms with Crippen LogP contribution in [0.5, 0.6) is 0 Å². The van der Waals surface area contributed by atoms with Crippen LogP contribution in [0.1, 0.15) is 19.8 Å². The highest BCUT2D eigenvalue weighted by Gasteiger charge is 2.33. The number of aliphatic hydroxyl groups is 1. The summed E-state index contributed by atoms with van der Waals surface area (Å²) in [5, 5.41) is 14.2. The topological polar surface area (TPSA) is 94.1 Å². The first-order valence-electron chi connectivity index (χ1n) is 7.76. The van der Waals surface area contributed by atoms with E-state index < -0.39 is 6.10 Å². The maximum Gasteiger partial charge on any atom is 0.246 e. The summed E-state index contributed by atoms with van der Waals surface area (Å²) in [7, 11) is 0. The number of aromatic amines is 1. The summed E-state index contributed by atoms with van der Waals surface area (Å²) in [6.45, 7) is 5.78. The average molecular weight is 315 g/mol. The standard InChI is InChI=1S/C16H21N5O2/c1-3-14(23)21-8-11(4-5-13(21)10(2)22)20-16-12-6-7-17-15(12)18-9-19-16/h3,6-7,9-11,13,22H,1,4-5,8H2,2H3,(H2,17,18,19,20)/t10-,11-,13-/m1/s1. The summed E-state index contributed by atoms with van der Waals surface area (Å²) in [5.74, 6) is 0.597. The molecular weight excluding hydrogens is 294 g/mol. The van der Waals surface area contributed by atoms with Crippen LogP contribution >= 0.6 is 0 Å². The van der Waals surface area contributed by atoms with Gasteiger partial charge in [0, 0.05) is 18.8 Å². The minimum absolute atomic E-state index is 0.0712. The Morgan fingerprint density at radius 3 is 3.13 bits per heavy atom. The molecule has 7 nitrogen and oxygen atoms in total. The van der Waals surface area contributed by atoms with E-state index in [1.54, 1.807) is 11.8 Å². The van der Waals surface area contributed by atoms with Crippen molar-refractivity contribution in [2.75, 3.05) is 11.9 Å². The third-order valence-electron chi connectivity index (χ3n) is 4.34. The molecule has 0 radical (unpaired) electrons. The largest absolute Gasteiger partial charge is 0.391 e. The smallest absolute Gasteiger partial charge is 0.246 e. The predicted octanol–water partition coefficient (Wildman–Crippen LogP) is 1.30. The third-order valence-corrected chi connectivity index (χ3v) is 4.34. The molecule has 3 rings (SSSR count). The molecule has 1 aliphatic rings. The summed E-state index contributed by atoms with van der Waals surface area (Å²) < 4.78 is 0. The van der Waals surface area contributed by atoms with E-state index in [-0.39, 0.29) is 18.0 Å². The number of anilines is 1. The summed E-state index contributed by atoms with van der Waals surface area (Å²) in [4.78, 5) is 25.3. The van der Waals surface area contributed by atoms with E-state index in [2.05, 4.69) is 26.8 Å². The fraction of sp³-hybridized carbons (Fsp3) is 0.438. The number of fused-ring (bicyclic) bond motifs is 1. The van der Waals surface area contributed by atoms with Crippen LogP contribution in [0.2, 0.25) is 0 Å². The van der Waals surface area contributed by atoms with Gasteiger partial charge in [0.05, 0.1) is 17.5 Å². The lowest BCUT2D eigenvalue weighted by atomic mass is 9.94. The number of aliphatic hydroxyl groups excluding tert-OH is 1. The highest BCUT2D eigenvalue weighted by molar-refractivity contribution is 5.88. The molecule has 1 fully saturated rings. The molecule has 0 aliphatic carbocycles. The molecular formula is C16H21N5O2. The third kappa shape index (κ3) is 3.05. The molecule has 1 amide bonds. The molecule has 7 heteroatoms. The fourth-order valence-electron chi connectivity index (χ4n) is 3.16. The van der Waals surface area contributed by atoms with Gasteiger partial charge in [-0.25, -0.2) is 9.97 Å². The summed E-state index contributed by atoms with van der Waals surface area (Å²) in [5.41, 5.74) is 0.777. The minimum atomic E-state index is -0.560. The van der Waals surface area contributed by atoms with Crippen molar-refractivity contribution in [3.05, 3.63) is 31.2 Å². The normalized spacial score (nSPS) is 22.8. The highest BCUT2D eigenvalue weighted by atomic mass is 16.3. The van der Waals surface area contributed by atoms with Gasteiger partial charge in [-0.05, 0) is 31.9 Å². The SMILES string of the molecule is C=CC(=O)N1C[C@H](Nc2ncnc3[nH]ccc23)CC[C@@H]1[C@@H](C)O. The molecule has 23 heavy (non-hydrogen) atoms. The number of likely N-dealkylation sites (tertiary alicyclic amines) is 1. The van der Waals surface area contributed by atoms with Gasteiger partial charge in [-0.3, -0.25) is 4.79 Å². The van der Waals surface area contributed by atoms with E-state index in [0.717, 1.165) is 29.7 Å². The number of H-pyrrole nitrogens is 1. The van der Waals surface area contributed by atoms with Crippen molar-refractivity contribution in [1.82, 2.24) is 19.9 Å². The monoisotopic (exact) mass is 315 g/mol. The van der Waals surface area contributed by atoms with Gasteiger partial charge in [0.1, 0.15) is 17.8 Å². The van der Waals surface area contributed by atoms with Crippen LogP contribution in [-0.4, -0.2) is 55.6 Å². The summed E-state index contributed by atoms with van der Waals surface area (Å²) >= 11 is 0. The van der Waals surface area contributed by atoms with Crippen molar-refractivity contribution >= 4 is 22.8 Å². The van der Waals surface area contributed by atoms with Crippen LogP contribution in [0.15, 0.2) is 31.2 Å². The first-order chi connectivity index (χ1) is 11.1. The second-order valence-corrected chi connectivity index (χ2v) is 5.88. The van der Waals surface area contributed by atoms with E-state index in [4.69, 9.17) is 0 Å². The lowest BCUT2D eigenvalue weighted by molar-refractivity contribution is -0.132. The molecule has 3 atom stereocenters. The van der Waals surface area contributed by atoms with E-state index in [0.29, 0.717) is 6.54 Å². The molecule has 0 unspecified atom stereocenters. The number of rotatable bonds is 4. The number of piperidine rings is 1. The van der Waals surface area contributed by atoms with Gasteiger partial charge in [0.2, 0.25) is 5.91 Å². The van der Waals surface area contributed by atoms with Crippen molar-refractivity contribution in [2.24, 2.45) is 0 Å². The van der Waals surface area contributed by atoms with Crippen molar-refractivity contribution < 1.29 is 9.90 Å². The molecule has 2 aromatic heterocycles. The van der Waals surface area contributed by atoms with Gasteiger partial charge >= 0.3 is 0 Å². The number of nitrogens with zero attached hydrogens (tertiary/aromatic N) is 3. The molecule has 0 spiro atoms. The molecule has 1 aliphatic heterocycles. The Morgan fingerprint density at radius 1 is 1.57 bits per heavy atom. The number of hydrogen-bond acceptors (Lipinski definition) is 5. The van der Waals surface area contributed by atoms with Crippen LogP contribution in [0, 0.1) is 0 Å². The Morgan fingerprint density at radius 2 is 2.39 bits per heavy atom. The molecule has 0 aromatic carbocycles. The molecule has 0 saturated carbocycles. The number of carbonyl (C=O) groups excluding carboxylic acids is 1. The lowest BCUT2D eigenvalue weighted by Gasteiger charge is -2.41. The first kappa shape index (κ1) is 15.5. The van der Waals surface area contributed by atoms with Gasteiger partial charge in [-0.15, -0.1) is 0 Å². The van der Waals surface area contributed by atoms with Crippen molar-refractivity contribution in [1.29, 1.82) is 0 Å². The zero-order valence-electron chi connectivity index (χ0n) is 13.1. The van der Waals surface area contributed by atoms with Gasteiger partial charge in [0.25, 0.3) is 0 Å². The minimum Gasteiger partial charge on any atom is -0.391 e. The number of carbonyl (C=O) groups is 1. The van der Waals surface area contributed by atoms with Crippen molar-refractivity contribution in [3.8, 4) is 0 Å². The molecule has 3 N–H and O–H groups in total. The number of nitrogens with one attached hydrogen (secondary N) is 2. The Kier molecular flexibility index (Phi) is 4.29. The lowest BCUT2D eigenvalue weighted by Crippen LogP contribution is -2.54. The van der Waals surface area contributed by atoms with Crippen molar-refractivity contribution in [3.63, 3.8) is 0 Å². The van der Waals surface area contributed by atoms with Crippen molar-refractivity contribution in [2.45, 2.75) is 38.0 Å². The van der Waals surface area contributed by atoms with Crippen LogP contribution in [0.3, 0.4) is 0 Å². The zero-order chi connectivity index (χ0) is 16.4. The summed E-state index contributed by atoms with van der Waals surface area (Å²) in [6.07, 6.45) is 5.66. The van der Waals surface area contributed by atoms with E-state index >= 15 is 0 Å². The van der Waals surface area contributed by atoms with Gasteiger partial charge < -0.3 is 20.3 Å². The maximum absolute atomic E-state index is 12.1. The average Bonchev–Trinajstić information content (AvgIpc) is 3.03. The summed E-state index contributed by atoms with van der Waals surface area (Å²) in [6, 6.07) is 1.82. The van der Waals surface area contributed by atoms with Crippen LogP contribution < -0.4 is 5.32 Å². The van der Waals surface area contributed by atoms with Gasteiger partial charge in [0.15, 0.2) is 0 Å². The Balaban J connectivity index is 1.78. The second kappa shape index (κ2) is 6.37. The van der Waals surface area contributed by atoms with Crippen LogP contribution in [-0.2, 0) is 4.79 Å². The fourth-order valence-corrected chi connectivity index (χ4v) is 3.16. The van der Waals surface area contributed by atoms with E-state index in [9.17, 15) is 9.90 Å². The second-order valence-electron chi connectivity index (χ2n) is 5.88. The van der Waals surface area contributed by atoms with Crippen LogP contribution in [0.25, 0.3) is 11.0 Å². The molecule has 3 heterocycles. The Labute approximate surface area is 134 Å². The Hall–Kier alpha value is -2.41. The number of amides is 1. The maximum atomic E-state index is 12.1. The first-order valence-corrected chi connectivity index (χ1v) is 7.76. The number of aromatic nitrogens is 3. The van der Waals surface area contributed by atoms with E-state index in [1.807, 2.05) is 12.3 Å². The Bertz CT molecular complexity index is 711. The van der Waals surface area contributed by atoms with Gasteiger partial charge in [-0.2, -0.15) is 0 Å². The molecule has 2 aromatic rings. The predicted molar refractivity (Wildman–Crippen MR) is 87.9 cm³/mol. The van der Waals surface area contributed by atoms with Crippen LogP contribution in [0.4, 0.5) is 5.82 Å². The highest BCUT2D eigenvalue weighted by Crippen LogP contribution is 2.25. The number of hydrogen-bond donors (Lipinski definition) is 3. The zero-order valence-corrected chi connectivity index (χ0v) is 13.1. The molecule has 122 valence electrons. The molecule has 1 saturated heterocycles. The van der Waals surface area contributed by atoms with Gasteiger partial charge in [-0.1, -0.05) is 6.58 Å². The quantitative estimate of drug-likeness (QED) is 0.739. The molecule has 0 bridgehead atoms. The van der Waals surface area contributed by atoms with E-state index in [1.165, 1.54) is 12.4 Å².